The van der Waals surface area contributed by atoms with Gasteiger partial charge in [-0.3, -0.25) is 9.59 Å². The highest BCUT2D eigenvalue weighted by Crippen LogP contribution is 2.23. The van der Waals surface area contributed by atoms with Gasteiger partial charge in [0.1, 0.15) is 17.8 Å². The number of nitrogens with zero attached hydrogens (tertiary/aromatic N) is 4. The Morgan fingerprint density at radius 3 is 2.43 bits per heavy atom. The Morgan fingerprint density at radius 2 is 1.81 bits per heavy atom. The van der Waals surface area contributed by atoms with Gasteiger partial charge in [0.25, 0.3) is 5.91 Å². The quantitative estimate of drug-likeness (QED) is 0.869. The van der Waals surface area contributed by atoms with Crippen LogP contribution in [-0.4, -0.2) is 63.8 Å². The van der Waals surface area contributed by atoms with Gasteiger partial charge in [0.05, 0.1) is 0 Å². The smallest absolute Gasteiger partial charge is 0.272 e. The molecule has 1 saturated heterocycles. The fourth-order valence-corrected chi connectivity index (χ4v) is 2.38. The number of hydrogen-bond acceptors (Lipinski definition) is 5. The molecule has 3 rings (SSSR count). The lowest BCUT2D eigenvalue weighted by molar-refractivity contribution is -0.130. The standard InChI is InChI=1S/C14H19N5O2/c1-10(20)18-4-6-19(7-5-18)14(21)12-8-13(16-9-15-12)17-11-2-3-11/h8-9,11H,2-7H2,1H3,(H,15,16,17). The van der Waals surface area contributed by atoms with E-state index in [2.05, 4.69) is 15.3 Å². The van der Waals surface area contributed by atoms with Crippen LogP contribution in [-0.2, 0) is 4.79 Å². The van der Waals surface area contributed by atoms with Gasteiger partial charge in [0.2, 0.25) is 5.91 Å². The molecular weight excluding hydrogens is 270 g/mol. The van der Waals surface area contributed by atoms with Gasteiger partial charge in [-0.05, 0) is 12.8 Å². The number of hydrogen-bond donors (Lipinski definition) is 1. The molecule has 7 nitrogen and oxygen atoms in total. The van der Waals surface area contributed by atoms with Gasteiger partial charge in [0.15, 0.2) is 0 Å². The summed E-state index contributed by atoms with van der Waals surface area (Å²) in [4.78, 5) is 35.4. The summed E-state index contributed by atoms with van der Waals surface area (Å²) in [5.41, 5.74) is 0.407. The fourth-order valence-electron chi connectivity index (χ4n) is 2.38. The molecule has 1 aliphatic carbocycles. The summed E-state index contributed by atoms with van der Waals surface area (Å²) in [6.45, 7) is 3.82. The van der Waals surface area contributed by atoms with Crippen LogP contribution >= 0.6 is 0 Å². The molecule has 1 saturated carbocycles. The van der Waals surface area contributed by atoms with Gasteiger partial charge in [-0.25, -0.2) is 9.97 Å². The summed E-state index contributed by atoms with van der Waals surface area (Å²) >= 11 is 0. The van der Waals surface area contributed by atoms with Crippen LogP contribution in [0.4, 0.5) is 5.82 Å². The molecule has 0 radical (unpaired) electrons. The monoisotopic (exact) mass is 289 g/mol. The normalized spacial score (nSPS) is 18.5. The molecule has 1 aromatic rings. The summed E-state index contributed by atoms with van der Waals surface area (Å²) in [5, 5.41) is 3.26. The SMILES string of the molecule is CC(=O)N1CCN(C(=O)c2cc(NC3CC3)ncn2)CC1. The topological polar surface area (TPSA) is 78.4 Å². The van der Waals surface area contributed by atoms with Crippen molar-refractivity contribution in [2.45, 2.75) is 25.8 Å². The van der Waals surface area contributed by atoms with Crippen molar-refractivity contribution in [3.8, 4) is 0 Å². The van der Waals surface area contributed by atoms with Crippen molar-refractivity contribution < 1.29 is 9.59 Å². The van der Waals surface area contributed by atoms with E-state index in [-0.39, 0.29) is 11.8 Å². The minimum Gasteiger partial charge on any atom is -0.367 e. The van der Waals surface area contributed by atoms with E-state index in [0.717, 1.165) is 12.8 Å². The molecule has 0 aromatic carbocycles. The van der Waals surface area contributed by atoms with Crippen LogP contribution in [0.3, 0.4) is 0 Å². The third-order valence-electron chi connectivity index (χ3n) is 3.83. The molecule has 0 bridgehead atoms. The second kappa shape index (κ2) is 5.67. The molecule has 1 aliphatic heterocycles. The summed E-state index contributed by atoms with van der Waals surface area (Å²) < 4.78 is 0. The zero-order valence-electron chi connectivity index (χ0n) is 12.1. The van der Waals surface area contributed by atoms with Crippen LogP contribution in [0.25, 0.3) is 0 Å². The summed E-state index contributed by atoms with van der Waals surface area (Å²) in [5.74, 6) is 0.665. The molecule has 2 heterocycles. The molecule has 2 amide bonds. The molecular formula is C14H19N5O2. The number of piperazine rings is 1. The van der Waals surface area contributed by atoms with Crippen molar-refractivity contribution in [1.82, 2.24) is 19.8 Å². The Kier molecular flexibility index (Phi) is 3.72. The predicted molar refractivity (Wildman–Crippen MR) is 76.8 cm³/mol. The van der Waals surface area contributed by atoms with Crippen LogP contribution in [0.2, 0.25) is 0 Å². The number of carbonyl (C=O) groups excluding carboxylic acids is 2. The largest absolute Gasteiger partial charge is 0.367 e. The van der Waals surface area contributed by atoms with Crippen molar-refractivity contribution in [3.05, 3.63) is 18.1 Å². The van der Waals surface area contributed by atoms with Crippen LogP contribution in [0, 0.1) is 0 Å². The Bertz CT molecular complexity index is 550. The highest BCUT2D eigenvalue weighted by atomic mass is 16.2. The zero-order chi connectivity index (χ0) is 14.8. The number of rotatable bonds is 3. The molecule has 0 spiro atoms. The Hall–Kier alpha value is -2.18. The molecule has 7 heteroatoms. The molecule has 0 unspecified atom stereocenters. The summed E-state index contributed by atoms with van der Waals surface area (Å²) in [6, 6.07) is 2.19. The van der Waals surface area contributed by atoms with Crippen molar-refractivity contribution in [2.24, 2.45) is 0 Å². The highest BCUT2D eigenvalue weighted by Gasteiger charge is 2.25. The zero-order valence-corrected chi connectivity index (χ0v) is 12.1. The van der Waals surface area contributed by atoms with E-state index in [1.807, 2.05) is 0 Å². The second-order valence-electron chi connectivity index (χ2n) is 5.51. The van der Waals surface area contributed by atoms with Gasteiger partial charge < -0.3 is 15.1 Å². The first-order chi connectivity index (χ1) is 10.1. The minimum absolute atomic E-state index is 0.0556. The van der Waals surface area contributed by atoms with Crippen LogP contribution in [0.5, 0.6) is 0 Å². The van der Waals surface area contributed by atoms with Crippen molar-refractivity contribution in [2.75, 3.05) is 31.5 Å². The van der Waals surface area contributed by atoms with Gasteiger partial charge in [-0.2, -0.15) is 0 Å². The molecule has 2 fully saturated rings. The lowest BCUT2D eigenvalue weighted by atomic mass is 10.2. The molecule has 112 valence electrons. The predicted octanol–water partition coefficient (Wildman–Crippen LogP) is 0.355. The minimum atomic E-state index is -0.0977. The highest BCUT2D eigenvalue weighted by molar-refractivity contribution is 5.93. The average molecular weight is 289 g/mol. The lowest BCUT2D eigenvalue weighted by Crippen LogP contribution is -2.50. The van der Waals surface area contributed by atoms with Crippen molar-refractivity contribution in [1.29, 1.82) is 0 Å². The number of anilines is 1. The van der Waals surface area contributed by atoms with Crippen LogP contribution in [0.1, 0.15) is 30.3 Å². The fraction of sp³-hybridized carbons (Fsp3) is 0.571. The Balaban J connectivity index is 1.63. The van der Waals surface area contributed by atoms with Gasteiger partial charge in [-0.1, -0.05) is 0 Å². The third-order valence-corrected chi connectivity index (χ3v) is 3.83. The van der Waals surface area contributed by atoms with Gasteiger partial charge >= 0.3 is 0 Å². The van der Waals surface area contributed by atoms with Crippen molar-refractivity contribution >= 4 is 17.6 Å². The summed E-state index contributed by atoms with van der Waals surface area (Å²) in [7, 11) is 0. The van der Waals surface area contributed by atoms with E-state index in [4.69, 9.17) is 0 Å². The molecule has 1 aromatic heterocycles. The number of nitrogens with one attached hydrogen (secondary N) is 1. The van der Waals surface area contributed by atoms with E-state index < -0.39 is 0 Å². The maximum absolute atomic E-state index is 12.4. The molecule has 1 N–H and O–H groups in total. The average Bonchev–Trinajstić information content (AvgIpc) is 3.31. The van der Waals surface area contributed by atoms with E-state index in [0.29, 0.717) is 43.7 Å². The number of carbonyl (C=O) groups is 2. The van der Waals surface area contributed by atoms with Crippen LogP contribution in [0.15, 0.2) is 12.4 Å². The van der Waals surface area contributed by atoms with E-state index in [9.17, 15) is 9.59 Å². The maximum atomic E-state index is 12.4. The van der Waals surface area contributed by atoms with Crippen molar-refractivity contribution in [3.63, 3.8) is 0 Å². The molecule has 21 heavy (non-hydrogen) atoms. The maximum Gasteiger partial charge on any atom is 0.272 e. The first-order valence-electron chi connectivity index (χ1n) is 7.27. The first kappa shape index (κ1) is 13.8. The van der Waals surface area contributed by atoms with Crippen LogP contribution < -0.4 is 5.32 Å². The lowest BCUT2D eigenvalue weighted by Gasteiger charge is -2.34. The van der Waals surface area contributed by atoms with E-state index in [1.54, 1.807) is 22.8 Å². The Labute approximate surface area is 123 Å². The molecule has 0 atom stereocenters. The van der Waals surface area contributed by atoms with E-state index >= 15 is 0 Å². The first-order valence-corrected chi connectivity index (χ1v) is 7.27. The van der Waals surface area contributed by atoms with E-state index in [1.165, 1.54) is 6.33 Å². The number of aromatic nitrogens is 2. The molecule has 2 aliphatic rings. The third kappa shape index (κ3) is 3.29. The second-order valence-corrected chi connectivity index (χ2v) is 5.51. The van der Waals surface area contributed by atoms with Gasteiger partial charge in [-0.15, -0.1) is 0 Å². The number of amides is 2. The van der Waals surface area contributed by atoms with Gasteiger partial charge in [0, 0.05) is 45.2 Å². The Morgan fingerprint density at radius 1 is 1.14 bits per heavy atom. The summed E-state index contributed by atoms with van der Waals surface area (Å²) in [6.07, 6.45) is 3.73.